The van der Waals surface area contributed by atoms with Crippen LogP contribution in [-0.4, -0.2) is 57.6 Å². The molecule has 4 rings (SSSR count). The molecule has 0 aliphatic heterocycles. The normalized spacial score (nSPS) is 38.9. The highest BCUT2D eigenvalue weighted by molar-refractivity contribution is 5.40. The van der Waals surface area contributed by atoms with Crippen LogP contribution >= 0.6 is 0 Å². The summed E-state index contributed by atoms with van der Waals surface area (Å²) in [6.45, 7) is 12.0. The minimum atomic E-state index is -0.759. The zero-order valence-corrected chi connectivity index (χ0v) is 25.5. The molecule has 0 spiro atoms. The van der Waals surface area contributed by atoms with Crippen molar-refractivity contribution in [2.24, 2.45) is 34.5 Å². The Labute approximate surface area is 238 Å². The minimum absolute atomic E-state index is 0.0506. The first-order chi connectivity index (χ1) is 18.6. The zero-order valence-electron chi connectivity index (χ0n) is 25.5. The Morgan fingerprint density at radius 2 is 1.72 bits per heavy atom. The van der Waals surface area contributed by atoms with E-state index in [1.54, 1.807) is 0 Å². The number of aliphatic hydroxyl groups is 4. The first-order valence-electron chi connectivity index (χ1n) is 16.3. The summed E-state index contributed by atoms with van der Waals surface area (Å²) < 4.78 is 5.96. The average molecular weight is 547 g/mol. The fourth-order valence-electron chi connectivity index (χ4n) is 9.77. The van der Waals surface area contributed by atoms with Crippen molar-refractivity contribution in [3.05, 3.63) is 23.3 Å². The van der Waals surface area contributed by atoms with E-state index in [2.05, 4.69) is 46.8 Å². The van der Waals surface area contributed by atoms with E-state index < -0.39 is 29.3 Å². The third-order valence-electron chi connectivity index (χ3n) is 11.8. The third kappa shape index (κ3) is 5.82. The maximum atomic E-state index is 11.7. The first kappa shape index (κ1) is 31.2. The molecule has 4 aliphatic carbocycles. The molecule has 0 heterocycles. The Kier molecular flexibility index (Phi) is 10.1. The molecule has 4 aliphatic rings. The summed E-state index contributed by atoms with van der Waals surface area (Å²) in [7, 11) is 0. The van der Waals surface area contributed by atoms with E-state index >= 15 is 0 Å². The summed E-state index contributed by atoms with van der Waals surface area (Å²) in [5.74, 6) is 2.17. The van der Waals surface area contributed by atoms with Gasteiger partial charge in [0.25, 0.3) is 0 Å². The van der Waals surface area contributed by atoms with Crippen molar-refractivity contribution in [1.82, 2.24) is 0 Å². The fraction of sp³-hybridized carbons (Fsp3) is 0.882. The standard InChI is InChI=1S/C34H58O5/c1-6-16-34(38,17-7-2)18-8-10-23(3)26-13-14-27-25-12-11-24-22-29(36)30(39-21-9-20-35)31(37)33(24,5)28(25)15-19-32(26,27)4/h11-12,23,26-31,35-38H,6-10,13-22H2,1-5H3/t23-,26-,27+,28+,29-,30-,31+,32-,33+/m1/s1. The van der Waals surface area contributed by atoms with Gasteiger partial charge < -0.3 is 25.2 Å². The monoisotopic (exact) mass is 546 g/mol. The molecule has 0 aromatic rings. The van der Waals surface area contributed by atoms with Gasteiger partial charge in [-0.2, -0.15) is 0 Å². The summed E-state index contributed by atoms with van der Waals surface area (Å²) in [6, 6.07) is 0. The Morgan fingerprint density at radius 3 is 2.38 bits per heavy atom. The molecule has 39 heavy (non-hydrogen) atoms. The van der Waals surface area contributed by atoms with E-state index in [9.17, 15) is 20.4 Å². The van der Waals surface area contributed by atoms with Crippen LogP contribution in [0, 0.1) is 34.5 Å². The van der Waals surface area contributed by atoms with Gasteiger partial charge in [-0.25, -0.2) is 0 Å². The predicted molar refractivity (Wildman–Crippen MR) is 157 cm³/mol. The second-order valence-electron chi connectivity index (χ2n) is 14.2. The van der Waals surface area contributed by atoms with E-state index in [1.807, 2.05) is 0 Å². The summed E-state index contributed by atoms with van der Waals surface area (Å²) in [6.07, 6.45) is 15.4. The number of ether oxygens (including phenoxy) is 1. The van der Waals surface area contributed by atoms with Crippen LogP contribution in [0.15, 0.2) is 23.3 Å². The lowest BCUT2D eigenvalue weighted by Crippen LogP contribution is -2.59. The maximum Gasteiger partial charge on any atom is 0.110 e. The Hall–Kier alpha value is -0.720. The van der Waals surface area contributed by atoms with Gasteiger partial charge in [-0.15, -0.1) is 0 Å². The lowest BCUT2D eigenvalue weighted by Gasteiger charge is -2.57. The van der Waals surface area contributed by atoms with Crippen LogP contribution in [0.4, 0.5) is 0 Å². The topological polar surface area (TPSA) is 90.2 Å². The van der Waals surface area contributed by atoms with Crippen LogP contribution in [0.25, 0.3) is 0 Å². The molecule has 3 fully saturated rings. The van der Waals surface area contributed by atoms with Crippen molar-refractivity contribution in [3.63, 3.8) is 0 Å². The molecule has 0 amide bonds. The predicted octanol–water partition coefficient (Wildman–Crippen LogP) is 6.33. The summed E-state index contributed by atoms with van der Waals surface area (Å²) >= 11 is 0. The van der Waals surface area contributed by atoms with Crippen LogP contribution in [-0.2, 0) is 4.74 Å². The van der Waals surface area contributed by atoms with Crippen LogP contribution in [0.1, 0.15) is 118 Å². The van der Waals surface area contributed by atoms with Crippen molar-refractivity contribution < 1.29 is 25.2 Å². The van der Waals surface area contributed by atoms with Crippen molar-refractivity contribution in [3.8, 4) is 0 Å². The van der Waals surface area contributed by atoms with E-state index in [0.29, 0.717) is 37.2 Å². The van der Waals surface area contributed by atoms with Gasteiger partial charge in [0.15, 0.2) is 0 Å². The van der Waals surface area contributed by atoms with E-state index in [4.69, 9.17) is 4.74 Å². The minimum Gasteiger partial charge on any atom is -0.396 e. The molecule has 0 saturated heterocycles. The number of fused-ring (bicyclic) bond motifs is 5. The van der Waals surface area contributed by atoms with Gasteiger partial charge in [-0.3, -0.25) is 0 Å². The summed E-state index contributed by atoms with van der Waals surface area (Å²) in [4.78, 5) is 0. The molecule has 0 aromatic carbocycles. The number of aliphatic hydroxyl groups excluding tert-OH is 3. The lowest BCUT2D eigenvalue weighted by molar-refractivity contribution is -0.162. The lowest BCUT2D eigenvalue weighted by atomic mass is 9.49. The number of rotatable bonds is 13. The Morgan fingerprint density at radius 1 is 1.00 bits per heavy atom. The Bertz CT molecular complexity index is 875. The first-order valence-corrected chi connectivity index (χ1v) is 16.3. The number of hydrogen-bond donors (Lipinski definition) is 4. The quantitative estimate of drug-likeness (QED) is 0.203. The molecule has 3 saturated carbocycles. The van der Waals surface area contributed by atoms with Crippen molar-refractivity contribution in [2.45, 2.75) is 142 Å². The average Bonchev–Trinajstić information content (AvgIpc) is 3.24. The van der Waals surface area contributed by atoms with Gasteiger partial charge in [0.2, 0.25) is 0 Å². The molecular weight excluding hydrogens is 488 g/mol. The van der Waals surface area contributed by atoms with E-state index in [1.165, 1.54) is 31.3 Å². The van der Waals surface area contributed by atoms with E-state index in [-0.39, 0.29) is 17.9 Å². The van der Waals surface area contributed by atoms with Gasteiger partial charge in [0.1, 0.15) is 6.10 Å². The highest BCUT2D eigenvalue weighted by atomic mass is 16.5. The smallest absolute Gasteiger partial charge is 0.110 e. The van der Waals surface area contributed by atoms with E-state index in [0.717, 1.165) is 50.5 Å². The second kappa shape index (κ2) is 12.7. The second-order valence-corrected chi connectivity index (χ2v) is 14.2. The Balaban J connectivity index is 1.46. The van der Waals surface area contributed by atoms with Crippen molar-refractivity contribution >= 4 is 0 Å². The maximum absolute atomic E-state index is 11.7. The van der Waals surface area contributed by atoms with Crippen molar-refractivity contribution in [1.29, 1.82) is 0 Å². The van der Waals surface area contributed by atoms with Gasteiger partial charge >= 0.3 is 0 Å². The SMILES string of the molecule is CCCC(O)(CCC)CCC[C@@H](C)[C@H]1CC[C@H]2C3=CC=C4C[C@@H](O)[C@@H](OCCCO)[C@H](O)[C@]4(C)[C@H]3CC[C@]12C. The number of allylic oxidation sites excluding steroid dienone is 3. The number of hydrogen-bond acceptors (Lipinski definition) is 5. The summed E-state index contributed by atoms with van der Waals surface area (Å²) in [5, 5.41) is 42.8. The van der Waals surface area contributed by atoms with Crippen LogP contribution in [0.3, 0.4) is 0 Å². The van der Waals surface area contributed by atoms with Gasteiger partial charge in [0.05, 0.1) is 17.8 Å². The van der Waals surface area contributed by atoms with Gasteiger partial charge in [-0.05, 0) is 86.9 Å². The fourth-order valence-corrected chi connectivity index (χ4v) is 9.77. The highest BCUT2D eigenvalue weighted by Gasteiger charge is 2.60. The van der Waals surface area contributed by atoms with Gasteiger partial charge in [-0.1, -0.05) is 83.6 Å². The molecule has 0 aromatic heterocycles. The molecule has 5 nitrogen and oxygen atoms in total. The molecule has 5 heteroatoms. The van der Waals surface area contributed by atoms with Crippen LogP contribution < -0.4 is 0 Å². The van der Waals surface area contributed by atoms with Crippen LogP contribution in [0.5, 0.6) is 0 Å². The third-order valence-corrected chi connectivity index (χ3v) is 11.8. The molecule has 4 N–H and O–H groups in total. The largest absolute Gasteiger partial charge is 0.396 e. The highest BCUT2D eigenvalue weighted by Crippen LogP contribution is 2.66. The van der Waals surface area contributed by atoms with Crippen LogP contribution in [0.2, 0.25) is 0 Å². The zero-order chi connectivity index (χ0) is 28.4. The van der Waals surface area contributed by atoms with Crippen molar-refractivity contribution in [2.75, 3.05) is 13.2 Å². The van der Waals surface area contributed by atoms with Gasteiger partial charge in [0, 0.05) is 18.6 Å². The molecule has 224 valence electrons. The molecular formula is C34H58O5. The molecule has 0 unspecified atom stereocenters. The summed E-state index contributed by atoms with van der Waals surface area (Å²) in [5.41, 5.74) is 2.07. The molecule has 0 radical (unpaired) electrons. The molecule has 9 atom stereocenters. The molecule has 0 bridgehead atoms.